The number of thiophene rings is 1. The Bertz CT molecular complexity index is 666. The Balaban J connectivity index is 2.22. The minimum Gasteiger partial charge on any atom is -0.385 e. The highest BCUT2D eigenvalue weighted by Crippen LogP contribution is 2.27. The molecular weight excluding hydrogens is 287 g/mol. The molecule has 0 aliphatic heterocycles. The molecule has 5 heteroatoms. The van der Waals surface area contributed by atoms with Crippen molar-refractivity contribution in [2.24, 2.45) is 0 Å². The lowest BCUT2D eigenvalue weighted by atomic mass is 10.1. The van der Waals surface area contributed by atoms with Gasteiger partial charge in [-0.05, 0) is 44.5 Å². The fourth-order valence-corrected chi connectivity index (χ4v) is 3.42. The molecule has 0 aliphatic rings. The number of nitrogens with one attached hydrogen (secondary N) is 2. The molecule has 2 aromatic rings. The summed E-state index contributed by atoms with van der Waals surface area (Å²) in [6.07, 6.45) is 0. The van der Waals surface area contributed by atoms with E-state index < -0.39 is 5.82 Å². The molecule has 0 saturated heterocycles. The standard InChI is InChI=1S/C16H19FN2OS/c1-9-8-13(11(3)21-9)10(2)19-16(20)12-6-5-7-14(17)15(12)18-4/h5-8,10,18H,1-4H3,(H,19,20). The van der Waals surface area contributed by atoms with Gasteiger partial charge in [-0.1, -0.05) is 6.07 Å². The summed E-state index contributed by atoms with van der Waals surface area (Å²) in [7, 11) is 1.60. The summed E-state index contributed by atoms with van der Waals surface area (Å²) in [5.74, 6) is -0.713. The van der Waals surface area contributed by atoms with E-state index in [4.69, 9.17) is 0 Å². The summed E-state index contributed by atoms with van der Waals surface area (Å²) in [5, 5.41) is 5.67. The average Bonchev–Trinajstić information content (AvgIpc) is 2.77. The van der Waals surface area contributed by atoms with Crippen molar-refractivity contribution in [2.75, 3.05) is 12.4 Å². The molecular formula is C16H19FN2OS. The van der Waals surface area contributed by atoms with Crippen LogP contribution < -0.4 is 10.6 Å². The zero-order valence-electron chi connectivity index (χ0n) is 12.6. The van der Waals surface area contributed by atoms with E-state index in [1.165, 1.54) is 21.9 Å². The minimum atomic E-state index is -0.430. The van der Waals surface area contributed by atoms with Crippen LogP contribution in [-0.2, 0) is 0 Å². The molecule has 112 valence electrons. The van der Waals surface area contributed by atoms with E-state index in [0.29, 0.717) is 5.56 Å². The van der Waals surface area contributed by atoms with Crippen LogP contribution in [0.4, 0.5) is 10.1 Å². The summed E-state index contributed by atoms with van der Waals surface area (Å²) in [5.41, 5.74) is 1.64. The maximum Gasteiger partial charge on any atom is 0.253 e. The summed E-state index contributed by atoms with van der Waals surface area (Å²) in [6.45, 7) is 6.02. The molecule has 3 nitrogen and oxygen atoms in total. The largest absolute Gasteiger partial charge is 0.385 e. The zero-order valence-corrected chi connectivity index (χ0v) is 13.4. The molecule has 0 bridgehead atoms. The van der Waals surface area contributed by atoms with Gasteiger partial charge in [-0.2, -0.15) is 0 Å². The van der Waals surface area contributed by atoms with E-state index in [0.717, 1.165) is 5.56 Å². The van der Waals surface area contributed by atoms with Crippen LogP contribution in [0.2, 0.25) is 0 Å². The molecule has 1 atom stereocenters. The van der Waals surface area contributed by atoms with Gasteiger partial charge in [-0.25, -0.2) is 4.39 Å². The first-order valence-electron chi connectivity index (χ1n) is 6.78. The lowest BCUT2D eigenvalue weighted by Crippen LogP contribution is -2.27. The van der Waals surface area contributed by atoms with Crippen molar-refractivity contribution in [3.8, 4) is 0 Å². The molecule has 0 aliphatic carbocycles. The lowest BCUT2D eigenvalue weighted by Gasteiger charge is -2.16. The number of hydrogen-bond acceptors (Lipinski definition) is 3. The van der Waals surface area contributed by atoms with Gasteiger partial charge in [0.2, 0.25) is 0 Å². The van der Waals surface area contributed by atoms with Crippen molar-refractivity contribution < 1.29 is 9.18 Å². The maximum atomic E-state index is 13.7. The van der Waals surface area contributed by atoms with Crippen molar-refractivity contribution in [1.29, 1.82) is 0 Å². The predicted molar refractivity (Wildman–Crippen MR) is 85.6 cm³/mol. The number of halogens is 1. The Labute approximate surface area is 128 Å². The Hall–Kier alpha value is -1.88. The SMILES string of the molecule is CNc1c(F)cccc1C(=O)NC(C)c1cc(C)sc1C. The van der Waals surface area contributed by atoms with Gasteiger partial charge in [0.05, 0.1) is 17.3 Å². The Morgan fingerprint density at radius 2 is 2.05 bits per heavy atom. The third-order valence-electron chi connectivity index (χ3n) is 3.40. The molecule has 1 unspecified atom stereocenters. The summed E-state index contributed by atoms with van der Waals surface area (Å²) in [4.78, 5) is 14.8. The number of carbonyl (C=O) groups is 1. The molecule has 1 amide bonds. The highest BCUT2D eigenvalue weighted by Gasteiger charge is 2.18. The number of benzene rings is 1. The van der Waals surface area contributed by atoms with Gasteiger partial charge in [-0.3, -0.25) is 4.79 Å². The first kappa shape index (κ1) is 15.5. The molecule has 1 heterocycles. The Morgan fingerprint density at radius 1 is 1.33 bits per heavy atom. The fourth-order valence-electron chi connectivity index (χ4n) is 2.40. The van der Waals surface area contributed by atoms with Crippen LogP contribution in [0.1, 0.15) is 38.6 Å². The van der Waals surface area contributed by atoms with Crippen LogP contribution in [0.3, 0.4) is 0 Å². The summed E-state index contributed by atoms with van der Waals surface area (Å²) in [6, 6.07) is 6.45. The van der Waals surface area contributed by atoms with E-state index >= 15 is 0 Å². The van der Waals surface area contributed by atoms with E-state index in [-0.39, 0.29) is 17.6 Å². The number of para-hydroxylation sites is 1. The van der Waals surface area contributed by atoms with Gasteiger partial charge in [-0.15, -0.1) is 11.3 Å². The first-order chi connectivity index (χ1) is 9.93. The highest BCUT2D eigenvalue weighted by atomic mass is 32.1. The van der Waals surface area contributed by atoms with Crippen molar-refractivity contribution in [2.45, 2.75) is 26.8 Å². The summed E-state index contributed by atoms with van der Waals surface area (Å²) < 4.78 is 13.7. The third kappa shape index (κ3) is 3.24. The van der Waals surface area contributed by atoms with Crippen LogP contribution in [0.25, 0.3) is 0 Å². The van der Waals surface area contributed by atoms with Crippen LogP contribution in [0.5, 0.6) is 0 Å². The molecule has 0 radical (unpaired) electrons. The zero-order chi connectivity index (χ0) is 15.6. The highest BCUT2D eigenvalue weighted by molar-refractivity contribution is 7.12. The predicted octanol–water partition coefficient (Wildman–Crippen LogP) is 4.04. The van der Waals surface area contributed by atoms with Crippen molar-refractivity contribution in [3.05, 3.63) is 51.0 Å². The summed E-state index contributed by atoms with van der Waals surface area (Å²) >= 11 is 1.71. The normalized spacial score (nSPS) is 12.0. The number of anilines is 1. The number of hydrogen-bond donors (Lipinski definition) is 2. The second-order valence-corrected chi connectivity index (χ2v) is 6.44. The van der Waals surface area contributed by atoms with Crippen LogP contribution in [0, 0.1) is 19.7 Å². The fraction of sp³-hybridized carbons (Fsp3) is 0.312. The van der Waals surface area contributed by atoms with E-state index in [9.17, 15) is 9.18 Å². The smallest absolute Gasteiger partial charge is 0.253 e. The van der Waals surface area contributed by atoms with Crippen LogP contribution in [0.15, 0.2) is 24.3 Å². The number of carbonyl (C=O) groups excluding carboxylic acids is 1. The van der Waals surface area contributed by atoms with Crippen LogP contribution in [-0.4, -0.2) is 13.0 Å². The third-order valence-corrected chi connectivity index (χ3v) is 4.38. The van der Waals surface area contributed by atoms with Gasteiger partial charge >= 0.3 is 0 Å². The van der Waals surface area contributed by atoms with Gasteiger partial charge in [0, 0.05) is 16.8 Å². The molecule has 0 fully saturated rings. The minimum absolute atomic E-state index is 0.115. The molecule has 1 aromatic heterocycles. The lowest BCUT2D eigenvalue weighted by molar-refractivity contribution is 0.0940. The first-order valence-corrected chi connectivity index (χ1v) is 7.59. The molecule has 0 saturated carbocycles. The van der Waals surface area contributed by atoms with Gasteiger partial charge in [0.15, 0.2) is 0 Å². The number of rotatable bonds is 4. The van der Waals surface area contributed by atoms with Gasteiger partial charge in [0.25, 0.3) is 5.91 Å². The van der Waals surface area contributed by atoms with E-state index in [1.807, 2.05) is 20.8 Å². The maximum absolute atomic E-state index is 13.7. The quantitative estimate of drug-likeness (QED) is 0.895. The molecule has 2 N–H and O–H groups in total. The topological polar surface area (TPSA) is 41.1 Å². The molecule has 1 aromatic carbocycles. The Kier molecular flexibility index (Phi) is 4.63. The Morgan fingerprint density at radius 3 is 2.62 bits per heavy atom. The molecule has 2 rings (SSSR count). The van der Waals surface area contributed by atoms with Crippen molar-refractivity contribution in [3.63, 3.8) is 0 Å². The average molecular weight is 306 g/mol. The van der Waals surface area contributed by atoms with E-state index in [2.05, 4.69) is 16.7 Å². The number of aryl methyl sites for hydroxylation is 2. The molecule has 0 spiro atoms. The monoisotopic (exact) mass is 306 g/mol. The van der Waals surface area contributed by atoms with Crippen LogP contribution >= 0.6 is 11.3 Å². The number of amides is 1. The van der Waals surface area contributed by atoms with Crippen molar-refractivity contribution in [1.82, 2.24) is 5.32 Å². The molecule has 21 heavy (non-hydrogen) atoms. The van der Waals surface area contributed by atoms with Gasteiger partial charge in [0.1, 0.15) is 5.82 Å². The second kappa shape index (κ2) is 6.26. The van der Waals surface area contributed by atoms with E-state index in [1.54, 1.807) is 24.5 Å². The van der Waals surface area contributed by atoms with Crippen molar-refractivity contribution >= 4 is 22.9 Å². The van der Waals surface area contributed by atoms with Gasteiger partial charge < -0.3 is 10.6 Å². The second-order valence-electron chi connectivity index (χ2n) is 4.98.